The molecule has 1 fully saturated rings. The standard InChI is InChI=1S/C17H22N4O2/c1-3-21-12(2)15(8-19-21)17(23)20-9-14(11-22)16(10-20)13-4-6-18-7-5-13/h4-8,14,16,22H,3,9-11H2,1-2H3/t14-,16-/m0/s1. The van der Waals surface area contributed by atoms with Gasteiger partial charge in [0.15, 0.2) is 0 Å². The molecule has 0 bridgehead atoms. The molecule has 0 radical (unpaired) electrons. The first-order valence-corrected chi connectivity index (χ1v) is 7.98. The topological polar surface area (TPSA) is 71.2 Å². The minimum atomic E-state index is -0.00259. The lowest BCUT2D eigenvalue weighted by atomic mass is 9.90. The van der Waals surface area contributed by atoms with Crippen molar-refractivity contribution in [1.29, 1.82) is 0 Å². The maximum Gasteiger partial charge on any atom is 0.257 e. The molecule has 23 heavy (non-hydrogen) atoms. The first kappa shape index (κ1) is 15.7. The van der Waals surface area contributed by atoms with Crippen LogP contribution in [0.1, 0.15) is 34.5 Å². The van der Waals surface area contributed by atoms with Crippen molar-refractivity contribution < 1.29 is 9.90 Å². The number of carbonyl (C=O) groups is 1. The Morgan fingerprint density at radius 3 is 2.70 bits per heavy atom. The zero-order valence-corrected chi connectivity index (χ0v) is 13.5. The van der Waals surface area contributed by atoms with Crippen molar-refractivity contribution >= 4 is 5.91 Å². The number of pyridine rings is 1. The average Bonchev–Trinajstić information content (AvgIpc) is 3.18. The number of amides is 1. The molecule has 1 aliphatic rings. The third-order valence-electron chi connectivity index (χ3n) is 4.73. The summed E-state index contributed by atoms with van der Waals surface area (Å²) in [6.07, 6.45) is 5.15. The van der Waals surface area contributed by atoms with E-state index in [4.69, 9.17) is 0 Å². The lowest BCUT2D eigenvalue weighted by molar-refractivity contribution is 0.0780. The summed E-state index contributed by atoms with van der Waals surface area (Å²) in [5, 5.41) is 13.9. The second-order valence-corrected chi connectivity index (χ2v) is 6.00. The van der Waals surface area contributed by atoms with Crippen molar-refractivity contribution in [3.05, 3.63) is 47.5 Å². The molecule has 2 atom stereocenters. The fourth-order valence-electron chi connectivity index (χ4n) is 3.36. The van der Waals surface area contributed by atoms with Crippen LogP contribution in [0.5, 0.6) is 0 Å². The van der Waals surface area contributed by atoms with Gasteiger partial charge in [0, 0.05) is 56.2 Å². The molecule has 0 saturated carbocycles. The Morgan fingerprint density at radius 1 is 1.35 bits per heavy atom. The van der Waals surface area contributed by atoms with Crippen LogP contribution < -0.4 is 0 Å². The van der Waals surface area contributed by atoms with E-state index in [2.05, 4.69) is 10.1 Å². The van der Waals surface area contributed by atoms with E-state index < -0.39 is 0 Å². The van der Waals surface area contributed by atoms with E-state index in [1.165, 1.54) is 0 Å². The number of nitrogens with zero attached hydrogens (tertiary/aromatic N) is 4. The molecule has 2 aromatic heterocycles. The average molecular weight is 314 g/mol. The molecule has 122 valence electrons. The Labute approximate surface area is 135 Å². The molecule has 0 unspecified atom stereocenters. The minimum absolute atomic E-state index is 0.00259. The summed E-state index contributed by atoms with van der Waals surface area (Å²) >= 11 is 0. The van der Waals surface area contributed by atoms with Crippen LogP contribution in [0, 0.1) is 12.8 Å². The fourth-order valence-corrected chi connectivity index (χ4v) is 3.36. The third-order valence-corrected chi connectivity index (χ3v) is 4.73. The molecule has 1 N–H and O–H groups in total. The Bertz CT molecular complexity index is 683. The number of carbonyl (C=O) groups excluding carboxylic acids is 1. The molecule has 3 heterocycles. The quantitative estimate of drug-likeness (QED) is 0.927. The number of hydrogen-bond acceptors (Lipinski definition) is 4. The van der Waals surface area contributed by atoms with Crippen LogP contribution in [0.25, 0.3) is 0 Å². The van der Waals surface area contributed by atoms with Crippen molar-refractivity contribution in [2.45, 2.75) is 26.3 Å². The molecular weight excluding hydrogens is 292 g/mol. The van der Waals surface area contributed by atoms with E-state index in [-0.39, 0.29) is 24.3 Å². The number of rotatable bonds is 4. The van der Waals surface area contributed by atoms with Gasteiger partial charge in [-0.15, -0.1) is 0 Å². The van der Waals surface area contributed by atoms with Gasteiger partial charge in [0.2, 0.25) is 0 Å². The summed E-state index contributed by atoms with van der Waals surface area (Å²) in [5.41, 5.74) is 2.67. The van der Waals surface area contributed by atoms with E-state index in [1.54, 1.807) is 18.6 Å². The van der Waals surface area contributed by atoms with Gasteiger partial charge in [-0.1, -0.05) is 0 Å². The lowest BCUT2D eigenvalue weighted by Gasteiger charge is -2.16. The van der Waals surface area contributed by atoms with Crippen LogP contribution in [-0.2, 0) is 6.54 Å². The zero-order valence-electron chi connectivity index (χ0n) is 13.5. The molecule has 2 aromatic rings. The maximum atomic E-state index is 12.8. The highest BCUT2D eigenvalue weighted by Gasteiger charge is 2.36. The second-order valence-electron chi connectivity index (χ2n) is 6.00. The summed E-state index contributed by atoms with van der Waals surface area (Å²) in [6, 6.07) is 3.92. The highest BCUT2D eigenvalue weighted by molar-refractivity contribution is 5.95. The normalized spacial score (nSPS) is 20.9. The number of hydrogen-bond donors (Lipinski definition) is 1. The van der Waals surface area contributed by atoms with Gasteiger partial charge in [0.05, 0.1) is 11.8 Å². The monoisotopic (exact) mass is 314 g/mol. The SMILES string of the molecule is CCn1ncc(C(=O)N2C[C@@H](CO)[C@H](c3ccncc3)C2)c1C. The van der Waals surface area contributed by atoms with Gasteiger partial charge in [-0.3, -0.25) is 14.5 Å². The second kappa shape index (κ2) is 6.50. The van der Waals surface area contributed by atoms with Gasteiger partial charge in [0.25, 0.3) is 5.91 Å². The van der Waals surface area contributed by atoms with Crippen LogP contribution in [0.2, 0.25) is 0 Å². The van der Waals surface area contributed by atoms with Crippen LogP contribution >= 0.6 is 0 Å². The summed E-state index contributed by atoms with van der Waals surface area (Å²) in [5.74, 6) is 0.202. The largest absolute Gasteiger partial charge is 0.396 e. The summed E-state index contributed by atoms with van der Waals surface area (Å²) in [4.78, 5) is 18.7. The zero-order chi connectivity index (χ0) is 16.4. The van der Waals surface area contributed by atoms with E-state index in [9.17, 15) is 9.90 Å². The number of aromatic nitrogens is 3. The molecule has 1 amide bonds. The van der Waals surface area contributed by atoms with Crippen molar-refractivity contribution in [1.82, 2.24) is 19.7 Å². The van der Waals surface area contributed by atoms with E-state index in [0.717, 1.165) is 17.8 Å². The molecule has 0 spiro atoms. The Balaban J connectivity index is 1.81. The number of likely N-dealkylation sites (tertiary alicyclic amines) is 1. The molecular formula is C17H22N4O2. The van der Waals surface area contributed by atoms with Gasteiger partial charge in [-0.05, 0) is 31.5 Å². The first-order chi connectivity index (χ1) is 11.2. The van der Waals surface area contributed by atoms with Gasteiger partial charge < -0.3 is 10.0 Å². The minimum Gasteiger partial charge on any atom is -0.396 e. The molecule has 6 nitrogen and oxygen atoms in total. The van der Waals surface area contributed by atoms with Crippen LogP contribution in [-0.4, -0.2) is 50.4 Å². The van der Waals surface area contributed by atoms with Crippen molar-refractivity contribution in [2.75, 3.05) is 19.7 Å². The fraction of sp³-hybridized carbons (Fsp3) is 0.471. The third kappa shape index (κ3) is 2.86. The van der Waals surface area contributed by atoms with Crippen molar-refractivity contribution in [3.8, 4) is 0 Å². The highest BCUT2D eigenvalue weighted by atomic mass is 16.3. The lowest BCUT2D eigenvalue weighted by Crippen LogP contribution is -2.29. The Morgan fingerprint density at radius 2 is 2.09 bits per heavy atom. The van der Waals surface area contributed by atoms with Crippen molar-refractivity contribution in [3.63, 3.8) is 0 Å². The number of aliphatic hydroxyl groups is 1. The summed E-state index contributed by atoms with van der Waals surface area (Å²) < 4.78 is 1.83. The van der Waals surface area contributed by atoms with E-state index in [0.29, 0.717) is 18.7 Å². The summed E-state index contributed by atoms with van der Waals surface area (Å²) in [6.45, 7) is 5.93. The van der Waals surface area contributed by atoms with Gasteiger partial charge in [0.1, 0.15) is 0 Å². The van der Waals surface area contributed by atoms with Crippen LogP contribution in [0.3, 0.4) is 0 Å². The molecule has 0 aliphatic carbocycles. The molecule has 1 aliphatic heterocycles. The van der Waals surface area contributed by atoms with Gasteiger partial charge in [-0.2, -0.15) is 5.10 Å². The van der Waals surface area contributed by atoms with Gasteiger partial charge >= 0.3 is 0 Å². The van der Waals surface area contributed by atoms with Crippen molar-refractivity contribution in [2.24, 2.45) is 5.92 Å². The van der Waals surface area contributed by atoms with E-state index in [1.807, 2.05) is 35.6 Å². The number of aliphatic hydroxyl groups excluding tert-OH is 1. The maximum absolute atomic E-state index is 12.8. The molecule has 1 saturated heterocycles. The highest BCUT2D eigenvalue weighted by Crippen LogP contribution is 2.33. The Hall–Kier alpha value is -2.21. The Kier molecular flexibility index (Phi) is 4.43. The smallest absolute Gasteiger partial charge is 0.257 e. The van der Waals surface area contributed by atoms with Gasteiger partial charge in [-0.25, -0.2) is 0 Å². The van der Waals surface area contributed by atoms with E-state index >= 15 is 0 Å². The predicted octanol–water partition coefficient (Wildman–Crippen LogP) is 1.45. The first-order valence-electron chi connectivity index (χ1n) is 7.98. The number of aryl methyl sites for hydroxylation is 1. The molecule has 6 heteroatoms. The molecule has 3 rings (SSSR count). The molecule has 0 aromatic carbocycles. The summed E-state index contributed by atoms with van der Waals surface area (Å²) in [7, 11) is 0. The van der Waals surface area contributed by atoms with Crippen LogP contribution in [0.4, 0.5) is 0 Å². The predicted molar refractivity (Wildman–Crippen MR) is 86.1 cm³/mol. The van der Waals surface area contributed by atoms with Crippen LogP contribution in [0.15, 0.2) is 30.7 Å².